The Labute approximate surface area is 163 Å². The molecule has 0 spiro atoms. The van der Waals surface area contributed by atoms with Crippen molar-refractivity contribution in [3.8, 4) is 11.5 Å². The summed E-state index contributed by atoms with van der Waals surface area (Å²) in [5.41, 5.74) is 2.79. The van der Waals surface area contributed by atoms with Gasteiger partial charge in [0.05, 0.1) is 0 Å². The second kappa shape index (κ2) is 8.47. The lowest BCUT2D eigenvalue weighted by Crippen LogP contribution is -2.47. The first-order chi connectivity index (χ1) is 13.5. The number of anilines is 1. The molecule has 2 amide bonds. The molecule has 7 nitrogen and oxygen atoms in total. The molecule has 7 heteroatoms. The van der Waals surface area contributed by atoms with Crippen molar-refractivity contribution in [2.24, 2.45) is 5.92 Å². The van der Waals surface area contributed by atoms with Gasteiger partial charge in [0.2, 0.25) is 18.2 Å². The first-order valence-electron chi connectivity index (χ1n) is 8.99. The molecule has 0 aliphatic heterocycles. The predicted molar refractivity (Wildman–Crippen MR) is 106 cm³/mol. The molecule has 0 saturated heterocycles. The van der Waals surface area contributed by atoms with Crippen molar-refractivity contribution >= 4 is 17.5 Å². The number of rotatable bonds is 6. The fourth-order valence-corrected chi connectivity index (χ4v) is 2.80. The monoisotopic (exact) mass is 378 g/mol. The maximum absolute atomic E-state index is 12.8. The fourth-order valence-electron chi connectivity index (χ4n) is 2.80. The molecule has 28 heavy (non-hydrogen) atoms. The second-order valence-corrected chi connectivity index (χ2v) is 6.82. The molecular weight excluding hydrogens is 356 g/mol. The van der Waals surface area contributed by atoms with E-state index in [4.69, 9.17) is 4.42 Å². The fraction of sp³-hybridized carbons (Fsp3) is 0.238. The van der Waals surface area contributed by atoms with Crippen LogP contribution in [0.4, 0.5) is 5.69 Å². The maximum atomic E-state index is 12.8. The van der Waals surface area contributed by atoms with Crippen LogP contribution in [0.25, 0.3) is 11.5 Å². The zero-order valence-corrected chi connectivity index (χ0v) is 16.0. The summed E-state index contributed by atoms with van der Waals surface area (Å²) in [5.74, 6) is -0.213. The van der Waals surface area contributed by atoms with E-state index in [-0.39, 0.29) is 17.7 Å². The molecule has 0 aliphatic rings. The Hall–Kier alpha value is -3.48. The normalized spacial score (nSPS) is 11.9. The number of benzene rings is 2. The van der Waals surface area contributed by atoms with Gasteiger partial charge in [0.15, 0.2) is 0 Å². The van der Waals surface area contributed by atoms with Crippen LogP contribution in [-0.4, -0.2) is 28.1 Å². The summed E-state index contributed by atoms with van der Waals surface area (Å²) >= 11 is 0. The van der Waals surface area contributed by atoms with E-state index in [2.05, 4.69) is 20.8 Å². The van der Waals surface area contributed by atoms with E-state index in [1.807, 2.05) is 32.9 Å². The smallest absolute Gasteiger partial charge is 0.252 e. The molecule has 0 fully saturated rings. The number of carbonyl (C=O) groups is 2. The van der Waals surface area contributed by atoms with Gasteiger partial charge in [0.25, 0.3) is 5.91 Å². The van der Waals surface area contributed by atoms with Crippen LogP contribution in [-0.2, 0) is 4.79 Å². The average molecular weight is 378 g/mol. The lowest BCUT2D eigenvalue weighted by molar-refractivity contribution is -0.118. The summed E-state index contributed by atoms with van der Waals surface area (Å²) in [4.78, 5) is 25.4. The van der Waals surface area contributed by atoms with Gasteiger partial charge in [-0.05, 0) is 48.7 Å². The molecule has 1 aromatic heterocycles. The molecule has 2 aromatic carbocycles. The number of aromatic nitrogens is 2. The zero-order valence-electron chi connectivity index (χ0n) is 16.0. The summed E-state index contributed by atoms with van der Waals surface area (Å²) in [5, 5.41) is 13.2. The van der Waals surface area contributed by atoms with Gasteiger partial charge in [0.1, 0.15) is 6.04 Å². The van der Waals surface area contributed by atoms with Crippen molar-refractivity contribution < 1.29 is 14.0 Å². The lowest BCUT2D eigenvalue weighted by atomic mass is 10.0. The lowest BCUT2D eigenvalue weighted by Gasteiger charge is -2.22. The molecule has 1 unspecified atom stereocenters. The van der Waals surface area contributed by atoms with Crippen LogP contribution in [0.5, 0.6) is 0 Å². The maximum Gasteiger partial charge on any atom is 0.252 e. The van der Waals surface area contributed by atoms with E-state index in [0.29, 0.717) is 17.1 Å². The summed E-state index contributed by atoms with van der Waals surface area (Å²) in [6, 6.07) is 13.7. The third kappa shape index (κ3) is 4.43. The SMILES string of the molecule is Cc1ccccc1C(=O)NC(C(=O)Nc1ccc(-c2nnco2)cc1)C(C)C. The van der Waals surface area contributed by atoms with Gasteiger partial charge >= 0.3 is 0 Å². The van der Waals surface area contributed by atoms with Crippen LogP contribution in [0, 0.1) is 12.8 Å². The van der Waals surface area contributed by atoms with E-state index in [9.17, 15) is 9.59 Å². The van der Waals surface area contributed by atoms with Crippen LogP contribution in [0.15, 0.2) is 59.3 Å². The Kier molecular flexibility index (Phi) is 5.84. The van der Waals surface area contributed by atoms with E-state index in [1.54, 1.807) is 36.4 Å². The molecule has 1 heterocycles. The number of hydrogen-bond acceptors (Lipinski definition) is 5. The van der Waals surface area contributed by atoms with Crippen LogP contribution < -0.4 is 10.6 Å². The van der Waals surface area contributed by atoms with E-state index in [1.165, 1.54) is 6.39 Å². The van der Waals surface area contributed by atoms with Gasteiger partial charge < -0.3 is 15.1 Å². The largest absolute Gasteiger partial charge is 0.423 e. The number of amides is 2. The third-order valence-corrected chi connectivity index (χ3v) is 4.38. The number of nitrogens with one attached hydrogen (secondary N) is 2. The molecule has 0 aliphatic carbocycles. The average Bonchev–Trinajstić information content (AvgIpc) is 3.21. The van der Waals surface area contributed by atoms with Crippen LogP contribution in [0.1, 0.15) is 29.8 Å². The Morgan fingerprint density at radius 3 is 2.36 bits per heavy atom. The third-order valence-electron chi connectivity index (χ3n) is 4.38. The molecule has 2 N–H and O–H groups in total. The Balaban J connectivity index is 1.69. The van der Waals surface area contributed by atoms with Gasteiger partial charge in [-0.2, -0.15) is 0 Å². The molecule has 144 valence electrons. The van der Waals surface area contributed by atoms with E-state index < -0.39 is 6.04 Å². The summed E-state index contributed by atoms with van der Waals surface area (Å²) in [6.45, 7) is 5.65. The van der Waals surface area contributed by atoms with Crippen molar-refractivity contribution in [1.82, 2.24) is 15.5 Å². The van der Waals surface area contributed by atoms with Crippen molar-refractivity contribution in [1.29, 1.82) is 0 Å². The highest BCUT2D eigenvalue weighted by Crippen LogP contribution is 2.19. The summed E-state index contributed by atoms with van der Waals surface area (Å²) < 4.78 is 5.15. The van der Waals surface area contributed by atoms with Crippen molar-refractivity contribution in [3.63, 3.8) is 0 Å². The van der Waals surface area contributed by atoms with E-state index >= 15 is 0 Å². The molecule has 0 radical (unpaired) electrons. The van der Waals surface area contributed by atoms with Crippen LogP contribution >= 0.6 is 0 Å². The van der Waals surface area contributed by atoms with Gasteiger partial charge in [-0.3, -0.25) is 9.59 Å². The minimum atomic E-state index is -0.664. The van der Waals surface area contributed by atoms with Gasteiger partial charge in [0, 0.05) is 16.8 Å². The Morgan fingerprint density at radius 1 is 1.04 bits per heavy atom. The standard InChI is InChI=1S/C21H22N4O3/c1-13(2)18(24-19(26)17-7-5-4-6-14(17)3)20(27)23-16-10-8-15(9-11-16)21-25-22-12-28-21/h4-13,18H,1-3H3,(H,23,27)(H,24,26). The number of carbonyl (C=O) groups excluding carboxylic acids is 2. The van der Waals surface area contributed by atoms with E-state index in [0.717, 1.165) is 11.1 Å². The molecule has 0 bridgehead atoms. The van der Waals surface area contributed by atoms with Gasteiger partial charge in [-0.25, -0.2) is 0 Å². The highest BCUT2D eigenvalue weighted by atomic mass is 16.4. The molecule has 3 rings (SSSR count). The Morgan fingerprint density at radius 2 is 1.75 bits per heavy atom. The van der Waals surface area contributed by atoms with Crippen molar-refractivity contribution in [2.45, 2.75) is 26.8 Å². The van der Waals surface area contributed by atoms with Gasteiger partial charge in [-0.1, -0.05) is 32.0 Å². The quantitative estimate of drug-likeness (QED) is 0.685. The highest BCUT2D eigenvalue weighted by Gasteiger charge is 2.25. The molecule has 1 atom stereocenters. The zero-order chi connectivity index (χ0) is 20.1. The first kappa shape index (κ1) is 19.3. The van der Waals surface area contributed by atoms with Crippen molar-refractivity contribution in [2.75, 3.05) is 5.32 Å². The highest BCUT2D eigenvalue weighted by molar-refractivity contribution is 6.02. The van der Waals surface area contributed by atoms with Crippen LogP contribution in [0.2, 0.25) is 0 Å². The minimum Gasteiger partial charge on any atom is -0.423 e. The van der Waals surface area contributed by atoms with Crippen molar-refractivity contribution in [3.05, 3.63) is 66.1 Å². The summed E-state index contributed by atoms with van der Waals surface area (Å²) in [7, 11) is 0. The summed E-state index contributed by atoms with van der Waals surface area (Å²) in [6.07, 6.45) is 1.26. The first-order valence-corrected chi connectivity index (χ1v) is 8.99. The number of aryl methyl sites for hydroxylation is 1. The minimum absolute atomic E-state index is 0.0781. The predicted octanol–water partition coefficient (Wildman–Crippen LogP) is 3.44. The Bertz CT molecular complexity index is 950. The van der Waals surface area contributed by atoms with Gasteiger partial charge in [-0.15, -0.1) is 10.2 Å². The topological polar surface area (TPSA) is 97.1 Å². The number of hydrogen-bond donors (Lipinski definition) is 2. The molecular formula is C21H22N4O3. The molecule has 3 aromatic rings. The second-order valence-electron chi connectivity index (χ2n) is 6.82. The molecule has 0 saturated carbocycles. The number of nitrogens with zero attached hydrogens (tertiary/aromatic N) is 2. The van der Waals surface area contributed by atoms with Crippen LogP contribution in [0.3, 0.4) is 0 Å².